The zero-order valence-corrected chi connectivity index (χ0v) is 25.1. The van der Waals surface area contributed by atoms with E-state index in [4.69, 9.17) is 14.6 Å². The van der Waals surface area contributed by atoms with Gasteiger partial charge in [0.15, 0.2) is 5.82 Å². The fourth-order valence-corrected chi connectivity index (χ4v) is 6.67. The Bertz CT molecular complexity index is 1620. The van der Waals surface area contributed by atoms with Crippen LogP contribution in [0.4, 0.5) is 11.5 Å². The molecule has 0 spiro atoms. The molecular formula is C35H39N5O4. The summed E-state index contributed by atoms with van der Waals surface area (Å²) >= 11 is 0. The first-order valence-electron chi connectivity index (χ1n) is 15.7. The summed E-state index contributed by atoms with van der Waals surface area (Å²) < 4.78 is 13.4. The molecule has 2 aliphatic carbocycles. The minimum atomic E-state index is -0.981. The number of aromatic nitrogens is 3. The molecule has 0 bridgehead atoms. The number of pyridine rings is 1. The number of hydrogen-bond acceptors (Lipinski definition) is 8. The zero-order valence-electron chi connectivity index (χ0n) is 25.1. The van der Waals surface area contributed by atoms with Gasteiger partial charge >= 0.3 is 5.97 Å². The van der Waals surface area contributed by atoms with Crippen molar-refractivity contribution in [3.8, 4) is 11.9 Å². The first-order chi connectivity index (χ1) is 21.5. The van der Waals surface area contributed by atoms with Crippen molar-refractivity contribution >= 4 is 28.4 Å². The number of carbonyl (C=O) groups is 1. The standard InChI is InChI=1S/C35H39N5O4/c1-2-43-34(41)25-16-19-35(42,20-17-25)27-12-14-28(15-13-27)38-32-31-30(40(39-32)29-11-7-6-10-26(29)22-36)18-21-37-33(31)44-23-24-8-4-3-5-9-24/h3-5,8-9,12-15,18,21,25-26,29,42H,2,6-7,10-11,16-17,19-20,23H2,1H3,(H,38,39)/t25?,26-,29+,35?/m1/s1. The Kier molecular flexibility index (Phi) is 8.80. The Morgan fingerprint density at radius 2 is 1.82 bits per heavy atom. The molecule has 2 fully saturated rings. The average Bonchev–Trinajstić information content (AvgIpc) is 3.43. The maximum absolute atomic E-state index is 12.2. The number of hydrogen-bond donors (Lipinski definition) is 2. The van der Waals surface area contributed by atoms with Crippen molar-refractivity contribution in [3.63, 3.8) is 0 Å². The van der Waals surface area contributed by atoms with Crippen LogP contribution in [0.25, 0.3) is 10.9 Å². The number of aliphatic hydroxyl groups is 1. The largest absolute Gasteiger partial charge is 0.472 e. The minimum Gasteiger partial charge on any atom is -0.472 e. The predicted molar refractivity (Wildman–Crippen MR) is 167 cm³/mol. The Labute approximate surface area is 257 Å². The average molecular weight is 594 g/mol. The second kappa shape index (κ2) is 13.1. The van der Waals surface area contributed by atoms with Crippen LogP contribution in [0.1, 0.15) is 75.5 Å². The van der Waals surface area contributed by atoms with Crippen LogP contribution in [0.3, 0.4) is 0 Å². The molecule has 0 unspecified atom stereocenters. The third-order valence-corrected chi connectivity index (χ3v) is 9.13. The summed E-state index contributed by atoms with van der Waals surface area (Å²) in [7, 11) is 0. The summed E-state index contributed by atoms with van der Waals surface area (Å²) in [6, 6.07) is 22.1. The SMILES string of the molecule is CCOC(=O)C1CCC(O)(c2ccc(Nc3nn([C@H]4CCCC[C@@H]4C#N)c4ccnc(OCc5ccccc5)c34)cc2)CC1. The van der Waals surface area contributed by atoms with E-state index in [1.165, 1.54) is 0 Å². The van der Waals surface area contributed by atoms with Gasteiger partial charge in [-0.25, -0.2) is 4.98 Å². The smallest absolute Gasteiger partial charge is 0.308 e. The molecule has 9 heteroatoms. The van der Waals surface area contributed by atoms with Gasteiger partial charge in [-0.05, 0) is 74.8 Å². The Morgan fingerprint density at radius 1 is 1.07 bits per heavy atom. The van der Waals surface area contributed by atoms with Gasteiger partial charge in [-0.3, -0.25) is 9.48 Å². The highest BCUT2D eigenvalue weighted by atomic mass is 16.5. The van der Waals surface area contributed by atoms with Crippen LogP contribution in [0, 0.1) is 23.2 Å². The lowest BCUT2D eigenvalue weighted by molar-refractivity contribution is -0.151. The van der Waals surface area contributed by atoms with Crippen molar-refractivity contribution in [2.45, 2.75) is 76.5 Å². The molecule has 44 heavy (non-hydrogen) atoms. The highest BCUT2D eigenvalue weighted by Crippen LogP contribution is 2.42. The highest BCUT2D eigenvalue weighted by Gasteiger charge is 2.37. The lowest BCUT2D eigenvalue weighted by Gasteiger charge is -2.35. The second-order valence-corrected chi connectivity index (χ2v) is 11.9. The molecule has 228 valence electrons. The molecule has 9 nitrogen and oxygen atoms in total. The van der Waals surface area contributed by atoms with Crippen molar-refractivity contribution < 1.29 is 19.4 Å². The lowest BCUT2D eigenvalue weighted by Crippen LogP contribution is -2.34. The van der Waals surface area contributed by atoms with Crippen LogP contribution in [0.2, 0.25) is 0 Å². The summed E-state index contributed by atoms with van der Waals surface area (Å²) in [6.07, 6.45) is 7.81. The molecule has 0 saturated heterocycles. The van der Waals surface area contributed by atoms with E-state index in [0.29, 0.717) is 50.6 Å². The molecule has 2 atom stereocenters. The zero-order chi connectivity index (χ0) is 30.5. The summed E-state index contributed by atoms with van der Waals surface area (Å²) in [5.74, 6) is 0.655. The molecule has 2 aromatic heterocycles. The van der Waals surface area contributed by atoms with Crippen LogP contribution in [0.5, 0.6) is 5.88 Å². The molecular weight excluding hydrogens is 554 g/mol. The van der Waals surface area contributed by atoms with Crippen molar-refractivity contribution in [1.82, 2.24) is 14.8 Å². The normalized spacial score (nSPS) is 23.5. The molecule has 2 heterocycles. The van der Waals surface area contributed by atoms with Crippen LogP contribution < -0.4 is 10.1 Å². The van der Waals surface area contributed by atoms with Crippen molar-refractivity contribution in [1.29, 1.82) is 5.26 Å². The van der Waals surface area contributed by atoms with E-state index < -0.39 is 5.60 Å². The number of rotatable bonds is 9. The van der Waals surface area contributed by atoms with Crippen LogP contribution >= 0.6 is 0 Å². The van der Waals surface area contributed by atoms with E-state index in [9.17, 15) is 15.2 Å². The number of benzene rings is 2. The lowest BCUT2D eigenvalue weighted by atomic mass is 9.75. The highest BCUT2D eigenvalue weighted by molar-refractivity contribution is 5.96. The first kappa shape index (κ1) is 29.6. The van der Waals surface area contributed by atoms with Crippen molar-refractivity contribution in [2.75, 3.05) is 11.9 Å². The van der Waals surface area contributed by atoms with Gasteiger partial charge in [-0.15, -0.1) is 0 Å². The molecule has 4 aromatic rings. The van der Waals surface area contributed by atoms with Crippen LogP contribution in [0.15, 0.2) is 66.9 Å². The molecule has 0 aliphatic heterocycles. The van der Waals surface area contributed by atoms with Gasteiger partial charge < -0.3 is 19.9 Å². The molecule has 2 saturated carbocycles. The fraction of sp³-hybridized carbons (Fsp3) is 0.429. The number of esters is 1. The molecule has 0 radical (unpaired) electrons. The predicted octanol–water partition coefficient (Wildman–Crippen LogP) is 6.95. The van der Waals surface area contributed by atoms with Crippen LogP contribution in [-0.2, 0) is 21.7 Å². The van der Waals surface area contributed by atoms with Gasteiger partial charge in [0.25, 0.3) is 0 Å². The van der Waals surface area contributed by atoms with Gasteiger partial charge in [0.2, 0.25) is 5.88 Å². The Hall–Kier alpha value is -4.42. The molecule has 2 aromatic carbocycles. The minimum absolute atomic E-state index is 0.0301. The first-order valence-corrected chi connectivity index (χ1v) is 15.7. The van der Waals surface area contributed by atoms with Crippen LogP contribution in [-0.4, -0.2) is 32.4 Å². The van der Waals surface area contributed by atoms with Gasteiger partial charge in [-0.2, -0.15) is 10.4 Å². The van der Waals surface area contributed by atoms with E-state index in [-0.39, 0.29) is 23.8 Å². The molecule has 2 N–H and O–H groups in total. The number of carbonyl (C=O) groups excluding carboxylic acids is 1. The third-order valence-electron chi connectivity index (χ3n) is 9.13. The fourth-order valence-electron chi connectivity index (χ4n) is 6.67. The third kappa shape index (κ3) is 6.13. The van der Waals surface area contributed by atoms with Crippen molar-refractivity contribution in [2.24, 2.45) is 11.8 Å². The summed E-state index contributed by atoms with van der Waals surface area (Å²) in [4.78, 5) is 16.8. The van der Waals surface area contributed by atoms with Crippen molar-refractivity contribution in [3.05, 3.63) is 78.0 Å². The quantitative estimate of drug-likeness (QED) is 0.200. The summed E-state index contributed by atoms with van der Waals surface area (Å²) in [5, 5.41) is 30.7. The number of fused-ring (bicyclic) bond motifs is 1. The molecule has 6 rings (SSSR count). The van der Waals surface area contributed by atoms with Gasteiger partial charge in [-0.1, -0.05) is 55.3 Å². The van der Waals surface area contributed by atoms with E-state index in [2.05, 4.69) is 16.4 Å². The van der Waals surface area contributed by atoms with Gasteiger partial charge in [0.05, 0.1) is 41.7 Å². The van der Waals surface area contributed by atoms with Gasteiger partial charge in [0.1, 0.15) is 12.0 Å². The number of nitriles is 1. The monoisotopic (exact) mass is 593 g/mol. The van der Waals surface area contributed by atoms with Gasteiger partial charge in [0, 0.05) is 11.9 Å². The summed E-state index contributed by atoms with van der Waals surface area (Å²) in [6.45, 7) is 2.55. The number of ether oxygens (including phenoxy) is 2. The topological polar surface area (TPSA) is 122 Å². The second-order valence-electron chi connectivity index (χ2n) is 11.9. The molecule has 2 aliphatic rings. The maximum Gasteiger partial charge on any atom is 0.308 e. The van der Waals surface area contributed by atoms with E-state index in [1.54, 1.807) is 6.20 Å². The van der Waals surface area contributed by atoms with E-state index >= 15 is 0 Å². The summed E-state index contributed by atoms with van der Waals surface area (Å²) in [5.41, 5.74) is 2.57. The Morgan fingerprint density at radius 3 is 2.55 bits per heavy atom. The number of nitrogens with one attached hydrogen (secondary N) is 1. The maximum atomic E-state index is 12.2. The molecule has 0 amide bonds. The number of nitrogens with zero attached hydrogens (tertiary/aromatic N) is 4. The van der Waals surface area contributed by atoms with E-state index in [1.807, 2.05) is 72.3 Å². The van der Waals surface area contributed by atoms with E-state index in [0.717, 1.165) is 53.4 Å². The number of anilines is 2. The Balaban J connectivity index is 1.28.